The van der Waals surface area contributed by atoms with E-state index in [0.29, 0.717) is 13.0 Å². The highest BCUT2D eigenvalue weighted by molar-refractivity contribution is 5.03. The maximum Gasteiger partial charge on any atom is 0.168 e. The standard InChI is InChI=1S/C26H48O6/c1-4-5-6-12-15-26(29-19-20-30-26)16-13-10-8-7-9-11-14-23-21-31-24(2,3)32-25(23,22-28)17-18-27/h11,14,23,27-28H,4-10,12-13,15-22H2,1-3H3/b14-11+/t23-,25-/m1/s1. The number of allylic oxidation sites excluding steroid dienone is 1. The molecule has 0 radical (unpaired) electrons. The Kier molecular flexibility index (Phi) is 12.2. The molecular formula is C26H48O6. The first-order valence-electron chi connectivity index (χ1n) is 12.9. The maximum absolute atomic E-state index is 10.0. The molecule has 2 fully saturated rings. The zero-order valence-electron chi connectivity index (χ0n) is 20.8. The van der Waals surface area contributed by atoms with Gasteiger partial charge >= 0.3 is 0 Å². The summed E-state index contributed by atoms with van der Waals surface area (Å²) in [6.45, 7) is 7.75. The first-order chi connectivity index (χ1) is 15.4. The Labute approximate surface area is 195 Å². The van der Waals surface area contributed by atoms with Crippen LogP contribution in [0.15, 0.2) is 12.2 Å². The first kappa shape index (κ1) is 27.7. The average Bonchev–Trinajstić information content (AvgIpc) is 3.23. The first-order valence-corrected chi connectivity index (χ1v) is 12.9. The number of hydrogen-bond acceptors (Lipinski definition) is 6. The van der Waals surface area contributed by atoms with E-state index in [4.69, 9.17) is 18.9 Å². The van der Waals surface area contributed by atoms with Gasteiger partial charge in [0.15, 0.2) is 11.6 Å². The second-order valence-electron chi connectivity index (χ2n) is 9.92. The molecule has 6 nitrogen and oxygen atoms in total. The van der Waals surface area contributed by atoms with Crippen molar-refractivity contribution >= 4 is 0 Å². The largest absolute Gasteiger partial charge is 0.396 e. The van der Waals surface area contributed by atoms with E-state index in [9.17, 15) is 10.2 Å². The van der Waals surface area contributed by atoms with Gasteiger partial charge in [-0.2, -0.15) is 0 Å². The Balaban J connectivity index is 1.67. The van der Waals surface area contributed by atoms with Crippen LogP contribution in [0.2, 0.25) is 0 Å². The van der Waals surface area contributed by atoms with Crippen LogP contribution in [-0.2, 0) is 18.9 Å². The van der Waals surface area contributed by atoms with Crippen molar-refractivity contribution < 1.29 is 29.2 Å². The summed E-state index contributed by atoms with van der Waals surface area (Å²) in [5, 5.41) is 19.5. The SMILES string of the molecule is CCCCCCC1(CCCCCC/C=C/[C@@H]2COC(C)(C)O[C@@]2(CO)CCO)OCCO1. The minimum Gasteiger partial charge on any atom is -0.396 e. The Bertz CT molecular complexity index is 528. The molecule has 0 bridgehead atoms. The average molecular weight is 457 g/mol. The van der Waals surface area contributed by atoms with Gasteiger partial charge in [-0.3, -0.25) is 0 Å². The fourth-order valence-corrected chi connectivity index (χ4v) is 4.92. The molecule has 0 aliphatic carbocycles. The van der Waals surface area contributed by atoms with Gasteiger partial charge in [-0.15, -0.1) is 0 Å². The van der Waals surface area contributed by atoms with Gasteiger partial charge in [-0.1, -0.05) is 51.2 Å². The van der Waals surface area contributed by atoms with Gasteiger partial charge in [0, 0.05) is 31.8 Å². The normalized spacial score (nSPS) is 27.3. The molecule has 2 heterocycles. The summed E-state index contributed by atoms with van der Waals surface area (Å²) in [5.41, 5.74) is -0.778. The number of aliphatic hydroxyl groups excluding tert-OH is 2. The van der Waals surface area contributed by atoms with Gasteiger partial charge in [0.05, 0.1) is 26.4 Å². The Morgan fingerprint density at radius 1 is 0.844 bits per heavy atom. The molecule has 2 atom stereocenters. The van der Waals surface area contributed by atoms with Crippen LogP contribution >= 0.6 is 0 Å². The van der Waals surface area contributed by atoms with Gasteiger partial charge in [0.1, 0.15) is 5.60 Å². The molecule has 2 N–H and O–H groups in total. The van der Waals surface area contributed by atoms with E-state index in [1.807, 2.05) is 13.8 Å². The minimum absolute atomic E-state index is 0.0193. The monoisotopic (exact) mass is 456 g/mol. The fraction of sp³-hybridized carbons (Fsp3) is 0.923. The van der Waals surface area contributed by atoms with Gasteiger partial charge in [-0.25, -0.2) is 0 Å². The van der Waals surface area contributed by atoms with Gasteiger partial charge in [0.25, 0.3) is 0 Å². The highest BCUT2D eigenvalue weighted by Crippen LogP contribution is 2.38. The third kappa shape index (κ3) is 8.69. The maximum atomic E-state index is 10.0. The van der Waals surface area contributed by atoms with Gasteiger partial charge in [0.2, 0.25) is 0 Å². The van der Waals surface area contributed by atoms with Crippen molar-refractivity contribution in [3.05, 3.63) is 12.2 Å². The number of hydrogen-bond donors (Lipinski definition) is 2. The summed E-state index contributed by atoms with van der Waals surface area (Å²) in [6, 6.07) is 0. The van der Waals surface area contributed by atoms with Gasteiger partial charge in [-0.05, 0) is 39.5 Å². The van der Waals surface area contributed by atoms with E-state index in [2.05, 4.69) is 19.1 Å². The van der Waals surface area contributed by atoms with Crippen LogP contribution in [0.5, 0.6) is 0 Å². The smallest absolute Gasteiger partial charge is 0.168 e. The number of ether oxygens (including phenoxy) is 4. The van der Waals surface area contributed by atoms with Crippen molar-refractivity contribution in [2.75, 3.05) is 33.0 Å². The zero-order valence-corrected chi connectivity index (χ0v) is 20.8. The summed E-state index contributed by atoms with van der Waals surface area (Å²) >= 11 is 0. The predicted octanol–water partition coefficient (Wildman–Crippen LogP) is 5.11. The molecule has 2 rings (SSSR count). The third-order valence-electron chi connectivity index (χ3n) is 6.81. The molecule has 2 saturated heterocycles. The minimum atomic E-state index is -0.778. The van der Waals surface area contributed by atoms with Crippen LogP contribution in [0.3, 0.4) is 0 Å². The summed E-state index contributed by atoms with van der Waals surface area (Å²) in [7, 11) is 0. The lowest BCUT2D eigenvalue weighted by Crippen LogP contribution is -2.57. The molecule has 0 amide bonds. The fourth-order valence-electron chi connectivity index (χ4n) is 4.92. The number of aliphatic hydroxyl groups is 2. The third-order valence-corrected chi connectivity index (χ3v) is 6.81. The van der Waals surface area contributed by atoms with Crippen LogP contribution in [0, 0.1) is 5.92 Å². The lowest BCUT2D eigenvalue weighted by atomic mass is 9.83. The second-order valence-corrected chi connectivity index (χ2v) is 9.92. The molecule has 0 aromatic heterocycles. The summed E-state index contributed by atoms with van der Waals surface area (Å²) in [6.07, 6.45) is 17.3. The zero-order chi connectivity index (χ0) is 23.3. The molecule has 0 aromatic carbocycles. The van der Waals surface area contributed by atoms with Crippen molar-refractivity contribution in [2.45, 2.75) is 115 Å². The van der Waals surface area contributed by atoms with E-state index < -0.39 is 11.4 Å². The van der Waals surface area contributed by atoms with E-state index in [-0.39, 0.29) is 24.9 Å². The molecule has 188 valence electrons. The molecule has 0 aromatic rings. The molecule has 6 heteroatoms. The predicted molar refractivity (Wildman–Crippen MR) is 126 cm³/mol. The molecule has 2 aliphatic heterocycles. The summed E-state index contributed by atoms with van der Waals surface area (Å²) < 4.78 is 23.9. The highest BCUT2D eigenvalue weighted by Gasteiger charge is 2.47. The number of rotatable bonds is 16. The van der Waals surface area contributed by atoms with Crippen LogP contribution in [0.1, 0.15) is 97.8 Å². The molecule has 2 aliphatic rings. The second kappa shape index (κ2) is 14.0. The topological polar surface area (TPSA) is 77.4 Å². The van der Waals surface area contributed by atoms with Crippen molar-refractivity contribution in [3.63, 3.8) is 0 Å². The summed E-state index contributed by atoms with van der Waals surface area (Å²) in [4.78, 5) is 0. The Morgan fingerprint density at radius 2 is 1.50 bits per heavy atom. The van der Waals surface area contributed by atoms with Gasteiger partial charge < -0.3 is 29.2 Å². The highest BCUT2D eigenvalue weighted by atomic mass is 16.7. The van der Waals surface area contributed by atoms with Crippen molar-refractivity contribution in [2.24, 2.45) is 5.92 Å². The molecule has 0 saturated carbocycles. The van der Waals surface area contributed by atoms with E-state index >= 15 is 0 Å². The van der Waals surface area contributed by atoms with Crippen molar-refractivity contribution in [3.8, 4) is 0 Å². The van der Waals surface area contributed by atoms with Crippen LogP contribution < -0.4 is 0 Å². The van der Waals surface area contributed by atoms with E-state index in [1.165, 1.54) is 38.5 Å². The van der Waals surface area contributed by atoms with Crippen molar-refractivity contribution in [1.82, 2.24) is 0 Å². The van der Waals surface area contributed by atoms with Crippen LogP contribution in [0.4, 0.5) is 0 Å². The quantitative estimate of drug-likeness (QED) is 0.248. The molecule has 0 spiro atoms. The lowest BCUT2D eigenvalue weighted by Gasteiger charge is -2.48. The summed E-state index contributed by atoms with van der Waals surface area (Å²) in [5.74, 6) is -1.12. The van der Waals surface area contributed by atoms with Crippen LogP contribution in [0.25, 0.3) is 0 Å². The molecule has 0 unspecified atom stereocenters. The Morgan fingerprint density at radius 3 is 2.12 bits per heavy atom. The lowest BCUT2D eigenvalue weighted by molar-refractivity contribution is -0.334. The Hall–Kier alpha value is -0.500. The molecule has 32 heavy (non-hydrogen) atoms. The van der Waals surface area contributed by atoms with E-state index in [1.54, 1.807) is 0 Å². The van der Waals surface area contributed by atoms with Crippen LogP contribution in [-0.4, -0.2) is 60.4 Å². The van der Waals surface area contributed by atoms with Crippen molar-refractivity contribution in [1.29, 1.82) is 0 Å². The van der Waals surface area contributed by atoms with E-state index in [0.717, 1.165) is 45.3 Å². The molecular weight excluding hydrogens is 408 g/mol. The number of unbranched alkanes of at least 4 members (excludes halogenated alkanes) is 7.